The fourth-order valence-corrected chi connectivity index (χ4v) is 3.90. The van der Waals surface area contributed by atoms with Crippen LogP contribution in [-0.2, 0) is 11.2 Å². The number of benzene rings is 2. The van der Waals surface area contributed by atoms with Crippen LogP contribution in [0.4, 0.5) is 5.82 Å². The number of hydrogen-bond donors (Lipinski definition) is 0. The number of nitrogens with zero attached hydrogens (tertiary/aromatic N) is 4. The third-order valence-electron chi connectivity index (χ3n) is 5.80. The highest BCUT2D eigenvalue weighted by Gasteiger charge is 2.22. The van der Waals surface area contributed by atoms with Gasteiger partial charge in [0.05, 0.1) is 33.4 Å². The van der Waals surface area contributed by atoms with Crippen LogP contribution in [0.2, 0.25) is 0 Å². The van der Waals surface area contributed by atoms with E-state index >= 15 is 0 Å². The molecule has 33 heavy (non-hydrogen) atoms. The van der Waals surface area contributed by atoms with Crippen molar-refractivity contribution in [3.63, 3.8) is 0 Å². The van der Waals surface area contributed by atoms with Crippen LogP contribution in [0.15, 0.2) is 54.9 Å². The van der Waals surface area contributed by atoms with Crippen LogP contribution < -0.4 is 19.1 Å². The minimum atomic E-state index is 0.100. The van der Waals surface area contributed by atoms with Gasteiger partial charge in [0.1, 0.15) is 17.9 Å². The molecule has 1 aliphatic rings. The molecule has 0 bridgehead atoms. The van der Waals surface area contributed by atoms with Crippen molar-refractivity contribution >= 4 is 11.7 Å². The molecule has 0 unspecified atom stereocenters. The molecule has 0 saturated carbocycles. The van der Waals surface area contributed by atoms with Gasteiger partial charge in [0.2, 0.25) is 5.91 Å². The molecular formula is C25H28N4O4. The van der Waals surface area contributed by atoms with E-state index in [1.165, 1.54) is 0 Å². The maximum absolute atomic E-state index is 12.9. The predicted molar refractivity (Wildman–Crippen MR) is 126 cm³/mol. The third-order valence-corrected chi connectivity index (χ3v) is 5.80. The number of hydrogen-bond acceptors (Lipinski definition) is 7. The molecule has 8 heteroatoms. The van der Waals surface area contributed by atoms with E-state index in [2.05, 4.69) is 14.9 Å². The molecule has 8 nitrogen and oxygen atoms in total. The average Bonchev–Trinajstić information content (AvgIpc) is 2.88. The summed E-state index contributed by atoms with van der Waals surface area (Å²) in [5.41, 5.74) is 2.76. The van der Waals surface area contributed by atoms with E-state index in [0.717, 1.165) is 41.5 Å². The fraction of sp³-hybridized carbons (Fsp3) is 0.320. The largest absolute Gasteiger partial charge is 0.497 e. The summed E-state index contributed by atoms with van der Waals surface area (Å²) >= 11 is 0. The Morgan fingerprint density at radius 2 is 1.58 bits per heavy atom. The minimum Gasteiger partial charge on any atom is -0.497 e. The van der Waals surface area contributed by atoms with Crippen LogP contribution in [0, 0.1) is 0 Å². The summed E-state index contributed by atoms with van der Waals surface area (Å²) in [4.78, 5) is 25.8. The Bertz CT molecular complexity index is 1100. The molecule has 0 aliphatic carbocycles. The molecule has 172 valence electrons. The minimum absolute atomic E-state index is 0.100. The van der Waals surface area contributed by atoms with Gasteiger partial charge in [-0.15, -0.1) is 0 Å². The quantitative estimate of drug-likeness (QED) is 0.550. The fourth-order valence-electron chi connectivity index (χ4n) is 3.90. The number of ether oxygens (including phenoxy) is 3. The standard InChI is InChI=1S/C25H28N4O4/c1-31-20-7-5-19(6-8-20)21-16-24(27-17-26-21)28-10-12-29(13-11-28)25(30)15-18-4-9-22(32-2)23(14-18)33-3/h4-9,14,16-17H,10-13,15H2,1-3H3. The molecule has 1 saturated heterocycles. The first-order chi connectivity index (χ1) is 16.1. The molecule has 0 spiro atoms. The van der Waals surface area contributed by atoms with Crippen LogP contribution in [0.3, 0.4) is 0 Å². The summed E-state index contributed by atoms with van der Waals surface area (Å²) in [7, 11) is 4.84. The van der Waals surface area contributed by atoms with Gasteiger partial charge in [0, 0.05) is 37.8 Å². The van der Waals surface area contributed by atoms with Gasteiger partial charge in [-0.1, -0.05) is 6.07 Å². The highest BCUT2D eigenvalue weighted by molar-refractivity contribution is 5.79. The average molecular weight is 449 g/mol. The second-order valence-electron chi connectivity index (χ2n) is 7.72. The van der Waals surface area contributed by atoms with Gasteiger partial charge in [-0.25, -0.2) is 9.97 Å². The number of aromatic nitrogens is 2. The first kappa shape index (κ1) is 22.4. The first-order valence-electron chi connectivity index (χ1n) is 10.8. The molecule has 4 rings (SSSR count). The Balaban J connectivity index is 1.37. The molecule has 1 fully saturated rings. The number of carbonyl (C=O) groups excluding carboxylic acids is 1. The zero-order valence-corrected chi connectivity index (χ0v) is 19.2. The second kappa shape index (κ2) is 10.2. The molecule has 0 radical (unpaired) electrons. The summed E-state index contributed by atoms with van der Waals surface area (Å²) in [6.07, 6.45) is 1.92. The van der Waals surface area contributed by atoms with Crippen molar-refractivity contribution < 1.29 is 19.0 Å². The summed E-state index contributed by atoms with van der Waals surface area (Å²) in [6, 6.07) is 15.4. The lowest BCUT2D eigenvalue weighted by atomic mass is 10.1. The van der Waals surface area contributed by atoms with E-state index in [1.54, 1.807) is 27.7 Å². The van der Waals surface area contributed by atoms with Crippen molar-refractivity contribution in [2.75, 3.05) is 52.4 Å². The molecular weight excluding hydrogens is 420 g/mol. The van der Waals surface area contributed by atoms with Crippen molar-refractivity contribution in [1.82, 2.24) is 14.9 Å². The Kier molecular flexibility index (Phi) is 6.92. The Labute approximate surface area is 193 Å². The molecule has 1 amide bonds. The van der Waals surface area contributed by atoms with Crippen LogP contribution in [0.1, 0.15) is 5.56 Å². The second-order valence-corrected chi connectivity index (χ2v) is 7.72. The number of carbonyl (C=O) groups is 1. The molecule has 0 N–H and O–H groups in total. The van der Waals surface area contributed by atoms with Gasteiger partial charge in [-0.3, -0.25) is 4.79 Å². The van der Waals surface area contributed by atoms with E-state index in [-0.39, 0.29) is 5.91 Å². The van der Waals surface area contributed by atoms with Crippen LogP contribution in [-0.4, -0.2) is 68.3 Å². The molecule has 1 aromatic heterocycles. The van der Waals surface area contributed by atoms with Gasteiger partial charge in [-0.2, -0.15) is 0 Å². The van der Waals surface area contributed by atoms with E-state index in [4.69, 9.17) is 14.2 Å². The molecule has 0 atom stereocenters. The summed E-state index contributed by atoms with van der Waals surface area (Å²) in [5, 5.41) is 0. The molecule has 2 aromatic carbocycles. The molecule has 2 heterocycles. The maximum atomic E-state index is 12.9. The van der Waals surface area contributed by atoms with Crippen molar-refractivity contribution in [3.8, 4) is 28.5 Å². The Hall–Kier alpha value is -3.81. The summed E-state index contributed by atoms with van der Waals surface area (Å²) < 4.78 is 15.8. The number of anilines is 1. The SMILES string of the molecule is COc1ccc(-c2cc(N3CCN(C(=O)Cc4ccc(OC)c(OC)c4)CC3)ncn2)cc1. The van der Waals surface area contributed by atoms with Crippen molar-refractivity contribution in [1.29, 1.82) is 0 Å². The predicted octanol–water partition coefficient (Wildman–Crippen LogP) is 3.06. The topological polar surface area (TPSA) is 77.0 Å². The first-order valence-corrected chi connectivity index (χ1v) is 10.8. The molecule has 1 aliphatic heterocycles. The Morgan fingerprint density at radius 1 is 0.848 bits per heavy atom. The van der Waals surface area contributed by atoms with Crippen molar-refractivity contribution in [2.45, 2.75) is 6.42 Å². The Morgan fingerprint density at radius 3 is 2.24 bits per heavy atom. The number of rotatable bonds is 7. The monoisotopic (exact) mass is 448 g/mol. The van der Waals surface area contributed by atoms with Gasteiger partial charge < -0.3 is 24.0 Å². The lowest BCUT2D eigenvalue weighted by Gasteiger charge is -2.35. The lowest BCUT2D eigenvalue weighted by molar-refractivity contribution is -0.130. The molecule has 3 aromatic rings. The van der Waals surface area contributed by atoms with Crippen LogP contribution >= 0.6 is 0 Å². The number of piperazine rings is 1. The van der Waals surface area contributed by atoms with E-state index in [9.17, 15) is 4.79 Å². The van der Waals surface area contributed by atoms with Gasteiger partial charge >= 0.3 is 0 Å². The highest BCUT2D eigenvalue weighted by Crippen LogP contribution is 2.28. The normalized spacial score (nSPS) is 13.5. The summed E-state index contributed by atoms with van der Waals surface area (Å²) in [6.45, 7) is 2.73. The third kappa shape index (κ3) is 5.16. The van der Waals surface area contributed by atoms with E-state index < -0.39 is 0 Å². The zero-order valence-electron chi connectivity index (χ0n) is 19.2. The van der Waals surface area contributed by atoms with Crippen LogP contribution in [0.5, 0.6) is 17.2 Å². The highest BCUT2D eigenvalue weighted by atomic mass is 16.5. The number of methoxy groups -OCH3 is 3. The summed E-state index contributed by atoms with van der Waals surface area (Å²) in [5.74, 6) is 3.05. The lowest BCUT2D eigenvalue weighted by Crippen LogP contribution is -2.49. The van der Waals surface area contributed by atoms with Gasteiger partial charge in [0.25, 0.3) is 0 Å². The van der Waals surface area contributed by atoms with Crippen molar-refractivity contribution in [2.24, 2.45) is 0 Å². The van der Waals surface area contributed by atoms with Gasteiger partial charge in [0.15, 0.2) is 11.5 Å². The van der Waals surface area contributed by atoms with E-state index in [0.29, 0.717) is 31.0 Å². The van der Waals surface area contributed by atoms with Crippen LogP contribution in [0.25, 0.3) is 11.3 Å². The maximum Gasteiger partial charge on any atom is 0.227 e. The van der Waals surface area contributed by atoms with Crippen molar-refractivity contribution in [3.05, 3.63) is 60.4 Å². The smallest absolute Gasteiger partial charge is 0.227 e. The number of amides is 1. The van der Waals surface area contributed by atoms with E-state index in [1.807, 2.05) is 53.4 Å². The zero-order chi connectivity index (χ0) is 23.2. The van der Waals surface area contributed by atoms with Gasteiger partial charge in [-0.05, 0) is 42.0 Å².